The van der Waals surface area contributed by atoms with Gasteiger partial charge in [-0.25, -0.2) is 4.79 Å². The summed E-state index contributed by atoms with van der Waals surface area (Å²) in [6.45, 7) is 10.3. The molecule has 0 atom stereocenters. The fourth-order valence-electron chi connectivity index (χ4n) is 1.65. The highest BCUT2D eigenvalue weighted by atomic mass is 16.5. The molecule has 0 aliphatic rings. The van der Waals surface area contributed by atoms with Gasteiger partial charge in [-0.2, -0.15) is 0 Å². The van der Waals surface area contributed by atoms with E-state index in [2.05, 4.69) is 20.4 Å². The Bertz CT molecular complexity index is 219. The third-order valence-corrected chi connectivity index (χ3v) is 2.76. The normalized spacial score (nSPS) is 10.6. The topological polar surface area (TPSA) is 26.3 Å². The Morgan fingerprint density at radius 2 is 1.59 bits per heavy atom. The maximum Gasteiger partial charge on any atom is 0.333 e. The third kappa shape index (κ3) is 11.5. The lowest BCUT2D eigenvalue weighted by molar-refractivity contribution is -0.139. The van der Waals surface area contributed by atoms with Crippen molar-refractivity contribution in [1.29, 1.82) is 0 Å². The fourth-order valence-corrected chi connectivity index (χ4v) is 1.65. The molecule has 0 aromatic heterocycles. The molecule has 100 valence electrons. The van der Waals surface area contributed by atoms with Crippen LogP contribution in [0, 0.1) is 5.92 Å². The van der Waals surface area contributed by atoms with Gasteiger partial charge < -0.3 is 4.74 Å². The molecule has 2 heteroatoms. The lowest BCUT2D eigenvalue weighted by atomic mass is 10.0. The molecule has 0 saturated heterocycles. The van der Waals surface area contributed by atoms with Gasteiger partial charge in [0.05, 0.1) is 6.61 Å². The van der Waals surface area contributed by atoms with Crippen LogP contribution in [-0.4, -0.2) is 12.6 Å². The smallest absolute Gasteiger partial charge is 0.333 e. The Kier molecular flexibility index (Phi) is 9.89. The minimum Gasteiger partial charge on any atom is -0.462 e. The molecule has 0 aliphatic carbocycles. The molecule has 17 heavy (non-hydrogen) atoms. The van der Waals surface area contributed by atoms with Crippen molar-refractivity contribution in [3.05, 3.63) is 12.2 Å². The van der Waals surface area contributed by atoms with Gasteiger partial charge >= 0.3 is 5.97 Å². The van der Waals surface area contributed by atoms with Crippen LogP contribution in [0.25, 0.3) is 0 Å². The summed E-state index contributed by atoms with van der Waals surface area (Å²) >= 11 is 0. The summed E-state index contributed by atoms with van der Waals surface area (Å²) in [6.07, 6.45) is 8.72. The number of esters is 1. The molecular weight excluding hydrogens is 212 g/mol. The van der Waals surface area contributed by atoms with Crippen LogP contribution in [0.4, 0.5) is 0 Å². The number of hydrogen-bond donors (Lipinski definition) is 0. The molecule has 0 bridgehead atoms. The SMILES string of the molecule is C=C(C)C(=O)OCCCCCCCCC(C)C. The van der Waals surface area contributed by atoms with E-state index in [1.165, 1.54) is 32.1 Å². The van der Waals surface area contributed by atoms with Crippen LogP contribution >= 0.6 is 0 Å². The molecular formula is C15H28O2. The van der Waals surface area contributed by atoms with Gasteiger partial charge in [-0.1, -0.05) is 59.0 Å². The summed E-state index contributed by atoms with van der Waals surface area (Å²) in [7, 11) is 0. The predicted octanol–water partition coefficient (Wildman–Crippen LogP) is 4.49. The van der Waals surface area contributed by atoms with Gasteiger partial charge in [-0.15, -0.1) is 0 Å². The van der Waals surface area contributed by atoms with E-state index in [0.29, 0.717) is 12.2 Å². The Labute approximate surface area is 106 Å². The first kappa shape index (κ1) is 16.2. The number of hydrogen-bond acceptors (Lipinski definition) is 2. The Morgan fingerprint density at radius 3 is 2.12 bits per heavy atom. The van der Waals surface area contributed by atoms with Crippen molar-refractivity contribution < 1.29 is 9.53 Å². The van der Waals surface area contributed by atoms with Crippen molar-refractivity contribution in [3.63, 3.8) is 0 Å². The van der Waals surface area contributed by atoms with Crippen LogP contribution in [0.3, 0.4) is 0 Å². The van der Waals surface area contributed by atoms with E-state index in [9.17, 15) is 4.79 Å². The second-order valence-electron chi connectivity index (χ2n) is 5.22. The highest BCUT2D eigenvalue weighted by Crippen LogP contribution is 2.11. The Hall–Kier alpha value is -0.790. The van der Waals surface area contributed by atoms with Crippen molar-refractivity contribution in [2.24, 2.45) is 5.92 Å². The molecule has 0 rings (SSSR count). The molecule has 0 saturated carbocycles. The summed E-state index contributed by atoms with van der Waals surface area (Å²) in [5, 5.41) is 0. The number of carbonyl (C=O) groups is 1. The molecule has 0 spiro atoms. The van der Waals surface area contributed by atoms with E-state index >= 15 is 0 Å². The molecule has 0 N–H and O–H groups in total. The summed E-state index contributed by atoms with van der Waals surface area (Å²) in [6, 6.07) is 0. The molecule has 0 fully saturated rings. The van der Waals surface area contributed by atoms with E-state index in [4.69, 9.17) is 4.74 Å². The summed E-state index contributed by atoms with van der Waals surface area (Å²) < 4.78 is 5.02. The van der Waals surface area contributed by atoms with Gasteiger partial charge in [0.15, 0.2) is 0 Å². The minimum atomic E-state index is -0.262. The maximum atomic E-state index is 11.1. The lowest BCUT2D eigenvalue weighted by Gasteiger charge is -2.05. The second kappa shape index (κ2) is 10.4. The van der Waals surface area contributed by atoms with E-state index in [1.54, 1.807) is 6.92 Å². The molecule has 0 heterocycles. The van der Waals surface area contributed by atoms with Crippen LogP contribution < -0.4 is 0 Å². The number of carbonyl (C=O) groups excluding carboxylic acids is 1. The summed E-state index contributed by atoms with van der Waals surface area (Å²) in [4.78, 5) is 11.1. The van der Waals surface area contributed by atoms with Crippen LogP contribution in [-0.2, 0) is 9.53 Å². The van der Waals surface area contributed by atoms with Gasteiger partial charge in [0.25, 0.3) is 0 Å². The van der Waals surface area contributed by atoms with E-state index in [-0.39, 0.29) is 5.97 Å². The number of unbranched alkanes of at least 4 members (excludes halogenated alkanes) is 5. The second-order valence-corrected chi connectivity index (χ2v) is 5.22. The van der Waals surface area contributed by atoms with Crippen LogP contribution in [0.5, 0.6) is 0 Å². The third-order valence-electron chi connectivity index (χ3n) is 2.76. The first-order chi connectivity index (χ1) is 8.04. The van der Waals surface area contributed by atoms with Crippen molar-refractivity contribution in [2.45, 2.75) is 65.7 Å². The Balaban J connectivity index is 3.14. The average molecular weight is 240 g/mol. The highest BCUT2D eigenvalue weighted by molar-refractivity contribution is 5.86. The monoisotopic (exact) mass is 240 g/mol. The van der Waals surface area contributed by atoms with Gasteiger partial charge in [-0.05, 0) is 19.3 Å². The van der Waals surface area contributed by atoms with Crippen LogP contribution in [0.2, 0.25) is 0 Å². The van der Waals surface area contributed by atoms with Crippen molar-refractivity contribution in [1.82, 2.24) is 0 Å². The van der Waals surface area contributed by atoms with E-state index < -0.39 is 0 Å². The van der Waals surface area contributed by atoms with Crippen molar-refractivity contribution >= 4 is 5.97 Å². The first-order valence-electron chi connectivity index (χ1n) is 6.86. The first-order valence-corrected chi connectivity index (χ1v) is 6.86. The molecule has 0 aromatic rings. The van der Waals surface area contributed by atoms with Crippen molar-refractivity contribution in [3.8, 4) is 0 Å². The summed E-state index contributed by atoms with van der Waals surface area (Å²) in [5.74, 6) is 0.568. The fraction of sp³-hybridized carbons (Fsp3) is 0.800. The highest BCUT2D eigenvalue weighted by Gasteiger charge is 2.01. The van der Waals surface area contributed by atoms with Crippen molar-refractivity contribution in [2.75, 3.05) is 6.61 Å². The van der Waals surface area contributed by atoms with Gasteiger partial charge in [0, 0.05) is 5.57 Å². The van der Waals surface area contributed by atoms with Crippen LogP contribution in [0.1, 0.15) is 65.7 Å². The number of ether oxygens (including phenoxy) is 1. The number of rotatable bonds is 10. The molecule has 2 nitrogen and oxygen atoms in total. The molecule has 0 unspecified atom stereocenters. The standard InChI is InChI=1S/C15H28O2/c1-13(2)11-9-7-5-6-8-10-12-17-15(16)14(3)4/h13H,3,5-12H2,1-2,4H3. The van der Waals surface area contributed by atoms with Gasteiger partial charge in [0.2, 0.25) is 0 Å². The van der Waals surface area contributed by atoms with Gasteiger partial charge in [-0.3, -0.25) is 0 Å². The van der Waals surface area contributed by atoms with Crippen LogP contribution in [0.15, 0.2) is 12.2 Å². The summed E-state index contributed by atoms with van der Waals surface area (Å²) in [5.41, 5.74) is 0.485. The molecule has 0 aromatic carbocycles. The quantitative estimate of drug-likeness (QED) is 0.319. The maximum absolute atomic E-state index is 11.1. The predicted molar refractivity (Wildman–Crippen MR) is 72.9 cm³/mol. The lowest BCUT2D eigenvalue weighted by Crippen LogP contribution is -2.05. The zero-order valence-electron chi connectivity index (χ0n) is 11.8. The Morgan fingerprint density at radius 1 is 1.06 bits per heavy atom. The zero-order chi connectivity index (χ0) is 13.1. The molecule has 0 aliphatic heterocycles. The minimum absolute atomic E-state index is 0.262. The average Bonchev–Trinajstić information content (AvgIpc) is 2.25. The van der Waals surface area contributed by atoms with E-state index in [0.717, 1.165) is 18.8 Å². The van der Waals surface area contributed by atoms with Gasteiger partial charge in [0.1, 0.15) is 0 Å². The molecule has 0 radical (unpaired) electrons. The molecule has 0 amide bonds. The van der Waals surface area contributed by atoms with E-state index in [1.807, 2.05) is 0 Å². The zero-order valence-corrected chi connectivity index (χ0v) is 11.8. The largest absolute Gasteiger partial charge is 0.462 e.